The molecule has 2 N–H and O–H groups in total. The molecular weight excluding hydrogens is 502 g/mol. The van der Waals surface area contributed by atoms with Gasteiger partial charge in [0.05, 0.1) is 0 Å². The van der Waals surface area contributed by atoms with E-state index in [-0.39, 0.29) is 5.41 Å². The van der Waals surface area contributed by atoms with E-state index in [1.807, 2.05) is 48.5 Å². The smallest absolute Gasteiger partial charge is 0.234 e. The fraction of sp³-hybridized carbons (Fsp3) is 0.414. The molecule has 0 radical (unpaired) electrons. The van der Waals surface area contributed by atoms with Gasteiger partial charge in [0.2, 0.25) is 11.8 Å². The zero-order chi connectivity index (χ0) is 25.7. The number of para-hydroxylation sites is 1. The van der Waals surface area contributed by atoms with Crippen LogP contribution in [0, 0.1) is 0 Å². The van der Waals surface area contributed by atoms with Gasteiger partial charge < -0.3 is 20.3 Å². The number of benzene rings is 2. The average molecular weight is 536 g/mol. The molecule has 2 aromatic carbocycles. The highest BCUT2D eigenvalue weighted by Crippen LogP contribution is 2.41. The Kier molecular flexibility index (Phi) is 8.11. The van der Waals surface area contributed by atoms with Crippen LogP contribution in [0.3, 0.4) is 0 Å². The van der Waals surface area contributed by atoms with E-state index in [2.05, 4.69) is 39.6 Å². The summed E-state index contributed by atoms with van der Waals surface area (Å²) in [6, 6.07) is 20.2. The number of anilines is 2. The van der Waals surface area contributed by atoms with Gasteiger partial charge in [0.15, 0.2) is 5.11 Å². The van der Waals surface area contributed by atoms with Crippen molar-refractivity contribution >= 4 is 40.7 Å². The first-order valence-electron chi connectivity index (χ1n) is 13.2. The Balaban J connectivity index is 1.33. The van der Waals surface area contributed by atoms with Crippen molar-refractivity contribution in [3.63, 3.8) is 0 Å². The molecule has 2 heterocycles. The normalized spacial score (nSPS) is 18.9. The zero-order valence-corrected chi connectivity index (χ0v) is 22.8. The largest absolute Gasteiger partial charge is 0.439 e. The minimum Gasteiger partial charge on any atom is -0.439 e. The van der Waals surface area contributed by atoms with Crippen molar-refractivity contribution in [1.29, 1.82) is 0 Å². The molecular formula is C29H34ClN5OS. The Morgan fingerprint density at radius 2 is 1.86 bits per heavy atom. The Morgan fingerprint density at radius 1 is 1.05 bits per heavy atom. The van der Waals surface area contributed by atoms with E-state index < -0.39 is 0 Å². The lowest BCUT2D eigenvalue weighted by Crippen LogP contribution is -2.41. The summed E-state index contributed by atoms with van der Waals surface area (Å²) >= 11 is 12.0. The lowest BCUT2D eigenvalue weighted by atomic mass is 9.79. The quantitative estimate of drug-likeness (QED) is 0.313. The van der Waals surface area contributed by atoms with Gasteiger partial charge in [-0.2, -0.15) is 9.97 Å². The number of halogens is 1. The Morgan fingerprint density at radius 3 is 2.62 bits per heavy atom. The van der Waals surface area contributed by atoms with Crippen LogP contribution in [0.25, 0.3) is 0 Å². The summed E-state index contributed by atoms with van der Waals surface area (Å²) in [4.78, 5) is 11.8. The second-order valence-electron chi connectivity index (χ2n) is 10.1. The summed E-state index contributed by atoms with van der Waals surface area (Å²) in [5, 5.41) is 7.96. The molecule has 0 bridgehead atoms. The van der Waals surface area contributed by atoms with E-state index in [0.717, 1.165) is 55.4 Å². The summed E-state index contributed by atoms with van der Waals surface area (Å²) in [5.41, 5.74) is 1.29. The molecule has 8 heteroatoms. The van der Waals surface area contributed by atoms with Gasteiger partial charge in [0.25, 0.3) is 0 Å². The van der Waals surface area contributed by atoms with Crippen LogP contribution >= 0.6 is 23.8 Å². The number of hydrogen-bond donors (Lipinski definition) is 2. The Hall–Kier alpha value is -2.90. The van der Waals surface area contributed by atoms with E-state index in [0.29, 0.717) is 23.0 Å². The maximum absolute atomic E-state index is 6.33. The predicted molar refractivity (Wildman–Crippen MR) is 155 cm³/mol. The monoisotopic (exact) mass is 535 g/mol. The van der Waals surface area contributed by atoms with Gasteiger partial charge in [-0.25, -0.2) is 0 Å². The van der Waals surface area contributed by atoms with E-state index in [1.165, 1.54) is 24.8 Å². The van der Waals surface area contributed by atoms with Gasteiger partial charge in [0.1, 0.15) is 11.6 Å². The molecule has 1 saturated heterocycles. The van der Waals surface area contributed by atoms with Crippen molar-refractivity contribution in [1.82, 2.24) is 15.3 Å². The van der Waals surface area contributed by atoms with Gasteiger partial charge in [-0.05, 0) is 81.1 Å². The third-order valence-corrected chi connectivity index (χ3v) is 8.04. The molecule has 6 nitrogen and oxygen atoms in total. The molecule has 194 valence electrons. The van der Waals surface area contributed by atoms with Crippen LogP contribution in [-0.2, 0) is 5.41 Å². The number of nitrogens with one attached hydrogen (secondary N) is 2. The molecule has 1 saturated carbocycles. The fourth-order valence-corrected chi connectivity index (χ4v) is 5.90. The molecule has 5 rings (SSSR count). The first-order valence-corrected chi connectivity index (χ1v) is 14.0. The zero-order valence-electron chi connectivity index (χ0n) is 21.3. The first-order chi connectivity index (χ1) is 18.0. The van der Waals surface area contributed by atoms with Gasteiger partial charge in [0, 0.05) is 35.6 Å². The standard InChI is InChI=1S/C29H34ClN5OS/c1-21-10-5-8-17-35(21)25-19-26(36-24-13-3-2-4-14-24)33-27(32-25)34-28(37)31-20-29(15-6-7-16-29)22-11-9-12-23(30)18-22/h2-4,9,11-14,18-19,21H,5-8,10,15-17,20H2,1H3,(H2,31,32,33,34,37). The van der Waals surface area contributed by atoms with Gasteiger partial charge in [-0.15, -0.1) is 0 Å². The topological polar surface area (TPSA) is 62.3 Å². The summed E-state index contributed by atoms with van der Waals surface area (Å²) in [7, 11) is 0. The molecule has 3 aromatic rings. The summed E-state index contributed by atoms with van der Waals surface area (Å²) in [5.74, 6) is 2.51. The fourth-order valence-electron chi connectivity index (χ4n) is 5.55. The molecule has 1 atom stereocenters. The van der Waals surface area contributed by atoms with Gasteiger partial charge in [-0.1, -0.05) is 54.8 Å². The third kappa shape index (κ3) is 6.33. The lowest BCUT2D eigenvalue weighted by Gasteiger charge is -2.34. The van der Waals surface area contributed by atoms with Gasteiger partial charge >= 0.3 is 0 Å². The number of aromatic nitrogens is 2. The van der Waals surface area contributed by atoms with Gasteiger partial charge in [-0.3, -0.25) is 0 Å². The van der Waals surface area contributed by atoms with Crippen LogP contribution in [0.5, 0.6) is 11.6 Å². The lowest BCUT2D eigenvalue weighted by molar-refractivity contribution is 0.435. The Labute approximate surface area is 229 Å². The molecule has 1 aromatic heterocycles. The van der Waals surface area contributed by atoms with E-state index >= 15 is 0 Å². The third-order valence-electron chi connectivity index (χ3n) is 7.56. The minimum absolute atomic E-state index is 0.0180. The highest BCUT2D eigenvalue weighted by molar-refractivity contribution is 7.80. The molecule has 37 heavy (non-hydrogen) atoms. The number of nitrogens with zero attached hydrogens (tertiary/aromatic N) is 3. The van der Waals surface area contributed by atoms with Crippen LogP contribution in [0.4, 0.5) is 11.8 Å². The molecule has 1 aliphatic heterocycles. The van der Waals surface area contributed by atoms with Crippen LogP contribution in [0.1, 0.15) is 57.4 Å². The highest BCUT2D eigenvalue weighted by atomic mass is 35.5. The minimum atomic E-state index is 0.0180. The maximum Gasteiger partial charge on any atom is 0.234 e. The van der Waals surface area contributed by atoms with E-state index in [1.54, 1.807) is 0 Å². The Bertz CT molecular complexity index is 1220. The molecule has 2 fully saturated rings. The molecule has 1 aliphatic carbocycles. The van der Waals surface area contributed by atoms with Crippen LogP contribution in [-0.4, -0.2) is 34.2 Å². The number of piperidine rings is 1. The molecule has 0 spiro atoms. The summed E-state index contributed by atoms with van der Waals surface area (Å²) in [6.45, 7) is 3.94. The van der Waals surface area contributed by atoms with Crippen LogP contribution in [0.2, 0.25) is 5.02 Å². The van der Waals surface area contributed by atoms with Crippen molar-refractivity contribution < 1.29 is 4.74 Å². The van der Waals surface area contributed by atoms with Crippen molar-refractivity contribution in [2.24, 2.45) is 0 Å². The van der Waals surface area contributed by atoms with Crippen molar-refractivity contribution in [2.45, 2.75) is 63.3 Å². The van der Waals surface area contributed by atoms with Crippen LogP contribution in [0.15, 0.2) is 60.7 Å². The molecule has 0 amide bonds. The predicted octanol–water partition coefficient (Wildman–Crippen LogP) is 7.10. The number of thiocarbonyl (C=S) groups is 1. The van der Waals surface area contributed by atoms with Crippen LogP contribution < -0.4 is 20.3 Å². The van der Waals surface area contributed by atoms with E-state index in [4.69, 9.17) is 33.5 Å². The second kappa shape index (κ2) is 11.7. The molecule has 2 aliphatic rings. The average Bonchev–Trinajstić information content (AvgIpc) is 3.39. The maximum atomic E-state index is 6.33. The highest BCUT2D eigenvalue weighted by Gasteiger charge is 2.35. The van der Waals surface area contributed by atoms with Crippen molar-refractivity contribution in [3.8, 4) is 11.6 Å². The number of hydrogen-bond acceptors (Lipinski definition) is 5. The summed E-state index contributed by atoms with van der Waals surface area (Å²) in [6.07, 6.45) is 8.16. The SMILES string of the molecule is CC1CCCCN1c1cc(Oc2ccccc2)nc(NC(=S)NCC2(c3cccc(Cl)c3)CCCC2)n1. The van der Waals surface area contributed by atoms with Crippen molar-refractivity contribution in [2.75, 3.05) is 23.3 Å². The summed E-state index contributed by atoms with van der Waals surface area (Å²) < 4.78 is 6.10. The second-order valence-corrected chi connectivity index (χ2v) is 11.0. The van der Waals surface area contributed by atoms with E-state index in [9.17, 15) is 0 Å². The number of ether oxygens (including phenoxy) is 1. The van der Waals surface area contributed by atoms with Crippen molar-refractivity contribution in [3.05, 3.63) is 71.2 Å². The first kappa shape index (κ1) is 25.7. The number of rotatable bonds is 7. The molecule has 1 unspecified atom stereocenters.